The van der Waals surface area contributed by atoms with Gasteiger partial charge in [-0.15, -0.1) is 0 Å². The molecule has 3 nitrogen and oxygen atoms in total. The Hall–Kier alpha value is -1.22. The molecule has 21 heavy (non-hydrogen) atoms. The number of rotatable bonds is 6. The molecule has 0 aliphatic carbocycles. The highest BCUT2D eigenvalue weighted by molar-refractivity contribution is 5.55. The van der Waals surface area contributed by atoms with Gasteiger partial charge in [-0.25, -0.2) is 0 Å². The van der Waals surface area contributed by atoms with Crippen LogP contribution in [0.2, 0.25) is 0 Å². The Morgan fingerprint density at radius 2 is 2.14 bits per heavy atom. The Balaban J connectivity index is 2.14. The van der Waals surface area contributed by atoms with E-state index in [-0.39, 0.29) is 6.04 Å². The summed E-state index contributed by atoms with van der Waals surface area (Å²) in [6, 6.07) is 7.03. The molecule has 2 atom stereocenters. The minimum absolute atomic E-state index is 0.197. The Morgan fingerprint density at radius 3 is 2.81 bits per heavy atom. The van der Waals surface area contributed by atoms with Crippen molar-refractivity contribution in [3.63, 3.8) is 0 Å². The molecule has 1 aliphatic rings. The van der Waals surface area contributed by atoms with Gasteiger partial charge in [-0.1, -0.05) is 19.9 Å². The van der Waals surface area contributed by atoms with E-state index >= 15 is 0 Å². The van der Waals surface area contributed by atoms with Gasteiger partial charge in [0.2, 0.25) is 0 Å². The van der Waals surface area contributed by atoms with Gasteiger partial charge in [0.05, 0.1) is 0 Å². The lowest BCUT2D eigenvalue weighted by Gasteiger charge is -2.37. The van der Waals surface area contributed by atoms with E-state index in [1.807, 2.05) is 6.07 Å². The number of hydrogen-bond donors (Lipinski definition) is 2. The molecule has 118 valence electrons. The van der Waals surface area contributed by atoms with Crippen molar-refractivity contribution in [3.8, 4) is 5.75 Å². The third-order valence-corrected chi connectivity index (χ3v) is 4.61. The fraction of sp³-hybridized carbons (Fsp3) is 0.667. The number of nitrogens with zero attached hydrogens (tertiary/aromatic N) is 1. The van der Waals surface area contributed by atoms with E-state index < -0.39 is 0 Å². The third-order valence-electron chi connectivity index (χ3n) is 4.61. The van der Waals surface area contributed by atoms with Crippen molar-refractivity contribution in [1.29, 1.82) is 0 Å². The summed E-state index contributed by atoms with van der Waals surface area (Å²) in [7, 11) is 0. The first kappa shape index (κ1) is 16.2. The number of piperidine rings is 1. The topological polar surface area (TPSA) is 35.5 Å². The van der Waals surface area contributed by atoms with Crippen LogP contribution < -0.4 is 10.2 Å². The zero-order chi connectivity index (χ0) is 15.2. The molecule has 1 saturated heterocycles. The summed E-state index contributed by atoms with van der Waals surface area (Å²) in [6.45, 7) is 8.62. The van der Waals surface area contributed by atoms with Gasteiger partial charge in [-0.05, 0) is 51.6 Å². The van der Waals surface area contributed by atoms with Gasteiger partial charge in [0.15, 0.2) is 0 Å². The fourth-order valence-corrected chi connectivity index (χ4v) is 3.31. The summed E-state index contributed by atoms with van der Waals surface area (Å²) in [5, 5.41) is 13.8. The molecule has 1 heterocycles. The first-order chi connectivity index (χ1) is 10.2. The highest BCUT2D eigenvalue weighted by Crippen LogP contribution is 2.32. The molecule has 0 saturated carbocycles. The van der Waals surface area contributed by atoms with Crippen LogP contribution in [0.3, 0.4) is 0 Å². The second-order valence-electron chi connectivity index (χ2n) is 6.17. The van der Waals surface area contributed by atoms with Gasteiger partial charge in [-0.2, -0.15) is 0 Å². The van der Waals surface area contributed by atoms with Crippen LogP contribution >= 0.6 is 0 Å². The molecule has 2 unspecified atom stereocenters. The minimum atomic E-state index is 0.197. The van der Waals surface area contributed by atoms with Crippen LogP contribution in [0.5, 0.6) is 5.75 Å². The Bertz CT molecular complexity index is 447. The molecule has 1 fully saturated rings. The molecule has 2 rings (SSSR count). The van der Waals surface area contributed by atoms with Crippen LogP contribution in [0.25, 0.3) is 0 Å². The van der Waals surface area contributed by atoms with E-state index in [4.69, 9.17) is 0 Å². The largest absolute Gasteiger partial charge is 0.508 e. The summed E-state index contributed by atoms with van der Waals surface area (Å²) in [5.41, 5.74) is 2.17. The standard InChI is InChI=1S/C18H30N2O/c1-4-11-19-14(3)17-10-9-16(13-18(17)21)20-12-7-6-8-15(20)5-2/h9-10,13-15,19,21H,4-8,11-12H2,1-3H3. The predicted molar refractivity (Wildman–Crippen MR) is 90.1 cm³/mol. The SMILES string of the molecule is CCCNC(C)c1ccc(N2CCCCC2CC)cc1O. The van der Waals surface area contributed by atoms with Crippen molar-refractivity contribution in [2.75, 3.05) is 18.0 Å². The average molecular weight is 290 g/mol. The van der Waals surface area contributed by atoms with Crippen molar-refractivity contribution >= 4 is 5.69 Å². The van der Waals surface area contributed by atoms with Gasteiger partial charge >= 0.3 is 0 Å². The van der Waals surface area contributed by atoms with E-state index in [0.29, 0.717) is 11.8 Å². The molecular weight excluding hydrogens is 260 g/mol. The zero-order valence-corrected chi connectivity index (χ0v) is 13.7. The van der Waals surface area contributed by atoms with E-state index in [2.05, 4.69) is 43.1 Å². The maximum Gasteiger partial charge on any atom is 0.122 e. The second kappa shape index (κ2) is 7.69. The Kier molecular flexibility index (Phi) is 5.92. The predicted octanol–water partition coefficient (Wildman–Crippen LogP) is 4.22. The molecule has 0 aromatic heterocycles. The van der Waals surface area contributed by atoms with Crippen molar-refractivity contribution in [3.05, 3.63) is 23.8 Å². The van der Waals surface area contributed by atoms with Crippen molar-refractivity contribution in [2.24, 2.45) is 0 Å². The van der Waals surface area contributed by atoms with Crippen molar-refractivity contribution in [2.45, 2.75) is 65.0 Å². The van der Waals surface area contributed by atoms with Gasteiger partial charge in [0.25, 0.3) is 0 Å². The molecule has 1 aromatic rings. The number of aromatic hydroxyl groups is 1. The fourth-order valence-electron chi connectivity index (χ4n) is 3.31. The number of phenols is 1. The van der Waals surface area contributed by atoms with Gasteiger partial charge in [0.1, 0.15) is 5.75 Å². The van der Waals surface area contributed by atoms with Crippen LogP contribution in [-0.2, 0) is 0 Å². The monoisotopic (exact) mass is 290 g/mol. The lowest BCUT2D eigenvalue weighted by Crippen LogP contribution is -2.39. The number of phenolic OH excluding ortho intramolecular Hbond substituents is 1. The first-order valence-electron chi connectivity index (χ1n) is 8.50. The molecule has 0 radical (unpaired) electrons. The summed E-state index contributed by atoms with van der Waals surface area (Å²) >= 11 is 0. The average Bonchev–Trinajstić information content (AvgIpc) is 2.52. The van der Waals surface area contributed by atoms with Crippen LogP contribution in [0.15, 0.2) is 18.2 Å². The lowest BCUT2D eigenvalue weighted by molar-refractivity contribution is 0.441. The second-order valence-corrected chi connectivity index (χ2v) is 6.17. The van der Waals surface area contributed by atoms with Crippen LogP contribution in [0.1, 0.15) is 64.5 Å². The Labute approximate surface area is 129 Å². The number of anilines is 1. The van der Waals surface area contributed by atoms with Crippen molar-refractivity contribution < 1.29 is 5.11 Å². The molecule has 1 aliphatic heterocycles. The van der Waals surface area contributed by atoms with E-state index in [9.17, 15) is 5.11 Å². The van der Waals surface area contributed by atoms with E-state index in [1.54, 1.807) is 0 Å². The molecule has 2 N–H and O–H groups in total. The summed E-state index contributed by atoms with van der Waals surface area (Å²) in [5.74, 6) is 0.420. The third kappa shape index (κ3) is 3.91. The maximum atomic E-state index is 10.4. The highest BCUT2D eigenvalue weighted by atomic mass is 16.3. The van der Waals surface area contributed by atoms with Crippen LogP contribution in [0, 0.1) is 0 Å². The summed E-state index contributed by atoms with van der Waals surface area (Å²) in [4.78, 5) is 2.47. The molecule has 1 aromatic carbocycles. The van der Waals surface area contributed by atoms with Crippen molar-refractivity contribution in [1.82, 2.24) is 5.32 Å². The van der Waals surface area contributed by atoms with Gasteiger partial charge in [0, 0.05) is 35.9 Å². The van der Waals surface area contributed by atoms with E-state index in [0.717, 1.165) is 25.1 Å². The summed E-state index contributed by atoms with van der Waals surface area (Å²) in [6.07, 6.45) is 6.14. The van der Waals surface area contributed by atoms with Crippen LogP contribution in [0.4, 0.5) is 5.69 Å². The van der Waals surface area contributed by atoms with Gasteiger partial charge < -0.3 is 15.3 Å². The highest BCUT2D eigenvalue weighted by Gasteiger charge is 2.22. The quantitative estimate of drug-likeness (QED) is 0.823. The smallest absolute Gasteiger partial charge is 0.122 e. The maximum absolute atomic E-state index is 10.4. The molecule has 0 spiro atoms. The number of hydrogen-bond acceptors (Lipinski definition) is 3. The van der Waals surface area contributed by atoms with Gasteiger partial charge in [-0.3, -0.25) is 0 Å². The number of nitrogens with one attached hydrogen (secondary N) is 1. The number of benzene rings is 1. The normalized spacial score (nSPS) is 20.5. The molecule has 3 heteroatoms. The van der Waals surface area contributed by atoms with Crippen LogP contribution in [-0.4, -0.2) is 24.2 Å². The summed E-state index contributed by atoms with van der Waals surface area (Å²) < 4.78 is 0. The lowest BCUT2D eigenvalue weighted by atomic mass is 9.98. The van der Waals surface area contributed by atoms with E-state index in [1.165, 1.54) is 31.4 Å². The molecule has 0 bridgehead atoms. The minimum Gasteiger partial charge on any atom is -0.508 e. The zero-order valence-electron chi connectivity index (χ0n) is 13.7. The molecular formula is C18H30N2O. The first-order valence-corrected chi connectivity index (χ1v) is 8.50. The molecule has 0 amide bonds. The Morgan fingerprint density at radius 1 is 1.33 bits per heavy atom.